The third kappa shape index (κ3) is 4.02. The minimum absolute atomic E-state index is 0.159. The van der Waals surface area contributed by atoms with Crippen molar-refractivity contribution in [3.8, 4) is 0 Å². The number of aliphatic hydroxyl groups is 1. The third-order valence-electron chi connectivity index (χ3n) is 3.31. The molecule has 0 aliphatic carbocycles. The molecular weight excluding hydrogens is 287 g/mol. The van der Waals surface area contributed by atoms with E-state index in [2.05, 4.69) is 5.32 Å². The van der Waals surface area contributed by atoms with Crippen LogP contribution in [0.2, 0.25) is 0 Å². The Morgan fingerprint density at radius 1 is 1.18 bits per heavy atom. The van der Waals surface area contributed by atoms with Crippen molar-refractivity contribution in [3.05, 3.63) is 69.5 Å². The van der Waals surface area contributed by atoms with Gasteiger partial charge in [0, 0.05) is 19.2 Å². The Morgan fingerprint density at radius 3 is 2.55 bits per heavy atom. The van der Waals surface area contributed by atoms with E-state index < -0.39 is 10.7 Å². The molecule has 0 radical (unpaired) electrons. The maximum Gasteiger partial charge on any atom is 0.272 e. The summed E-state index contributed by atoms with van der Waals surface area (Å²) in [4.78, 5) is 10.1. The predicted octanol–water partition coefficient (Wildman–Crippen LogP) is 2.92. The smallest absolute Gasteiger partial charge is 0.272 e. The minimum Gasteiger partial charge on any atom is -0.396 e. The molecule has 2 rings (SSSR count). The average Bonchev–Trinajstić information content (AvgIpc) is 2.50. The molecule has 2 aromatic rings. The van der Waals surface area contributed by atoms with Gasteiger partial charge in [0.2, 0.25) is 0 Å². The first kappa shape index (κ1) is 15.9. The van der Waals surface area contributed by atoms with Gasteiger partial charge < -0.3 is 10.4 Å². The van der Waals surface area contributed by atoms with Crippen LogP contribution >= 0.6 is 0 Å². The number of benzene rings is 2. The molecule has 5 nitrogen and oxygen atoms in total. The Hall–Kier alpha value is -2.47. The normalized spacial score (nSPS) is 10.5. The van der Waals surface area contributed by atoms with Crippen LogP contribution in [0, 0.1) is 15.9 Å². The fraction of sp³-hybridized carbons (Fsp3) is 0.250. The number of nitro benzene ring substituents is 1. The van der Waals surface area contributed by atoms with Gasteiger partial charge in [0.1, 0.15) is 0 Å². The summed E-state index contributed by atoms with van der Waals surface area (Å²) in [6.45, 7) is 0.297. The Kier molecular flexibility index (Phi) is 5.43. The zero-order chi connectivity index (χ0) is 15.9. The molecule has 0 amide bonds. The lowest BCUT2D eigenvalue weighted by molar-refractivity contribution is -0.385. The highest BCUT2D eigenvalue weighted by Crippen LogP contribution is 2.26. The number of hydrogen-bond donors (Lipinski definition) is 2. The lowest BCUT2D eigenvalue weighted by Crippen LogP contribution is -2.10. The summed E-state index contributed by atoms with van der Waals surface area (Å²) in [7, 11) is 0. The fourth-order valence-electron chi connectivity index (χ4n) is 2.25. The van der Waals surface area contributed by atoms with Gasteiger partial charge in [-0.3, -0.25) is 10.1 Å². The van der Waals surface area contributed by atoms with Crippen LogP contribution in [0.15, 0.2) is 42.5 Å². The monoisotopic (exact) mass is 304 g/mol. The zero-order valence-corrected chi connectivity index (χ0v) is 12.0. The van der Waals surface area contributed by atoms with Crippen molar-refractivity contribution < 1.29 is 14.4 Å². The highest BCUT2D eigenvalue weighted by Gasteiger charge is 2.16. The van der Waals surface area contributed by atoms with Gasteiger partial charge in [0.05, 0.1) is 16.7 Å². The Morgan fingerprint density at radius 2 is 1.91 bits per heavy atom. The number of nitrogens with zero attached hydrogens (tertiary/aromatic N) is 1. The Balaban J connectivity index is 2.13. The van der Waals surface area contributed by atoms with Crippen LogP contribution in [0.1, 0.15) is 11.1 Å². The molecular formula is C16H17FN2O3. The summed E-state index contributed by atoms with van der Waals surface area (Å²) in [6, 6.07) is 11.9. The van der Waals surface area contributed by atoms with Crippen molar-refractivity contribution in [1.29, 1.82) is 0 Å². The van der Waals surface area contributed by atoms with Crippen LogP contribution in [0.4, 0.5) is 15.8 Å². The van der Waals surface area contributed by atoms with Crippen molar-refractivity contribution >= 4 is 11.4 Å². The lowest BCUT2D eigenvalue weighted by Gasteiger charge is -2.12. The van der Waals surface area contributed by atoms with Gasteiger partial charge >= 0.3 is 0 Å². The van der Waals surface area contributed by atoms with Gasteiger partial charge in [-0.05, 0) is 24.0 Å². The SMILES string of the molecule is O=[N+]([O-])c1cc(F)c(NCCc2ccccc2)c(CCO)c1. The second kappa shape index (κ2) is 7.51. The van der Waals surface area contributed by atoms with E-state index in [9.17, 15) is 14.5 Å². The number of nitro groups is 1. The minimum atomic E-state index is -0.675. The van der Waals surface area contributed by atoms with E-state index in [1.54, 1.807) is 0 Å². The average molecular weight is 304 g/mol. The molecule has 0 spiro atoms. The Labute approximate surface area is 127 Å². The van der Waals surface area contributed by atoms with Gasteiger partial charge in [0.25, 0.3) is 5.69 Å². The molecule has 0 saturated heterocycles. The van der Waals surface area contributed by atoms with E-state index in [1.807, 2.05) is 30.3 Å². The summed E-state index contributed by atoms with van der Waals surface area (Å²) in [5.74, 6) is -0.675. The van der Waals surface area contributed by atoms with Crippen LogP contribution in [-0.4, -0.2) is 23.2 Å². The molecule has 0 fully saturated rings. The van der Waals surface area contributed by atoms with Crippen molar-refractivity contribution in [3.63, 3.8) is 0 Å². The number of nitrogens with one attached hydrogen (secondary N) is 1. The second-order valence-corrected chi connectivity index (χ2v) is 4.85. The predicted molar refractivity (Wildman–Crippen MR) is 82.5 cm³/mol. The molecule has 116 valence electrons. The third-order valence-corrected chi connectivity index (χ3v) is 3.31. The molecule has 22 heavy (non-hydrogen) atoms. The first-order valence-electron chi connectivity index (χ1n) is 6.97. The molecule has 0 saturated carbocycles. The highest BCUT2D eigenvalue weighted by atomic mass is 19.1. The number of non-ortho nitro benzene ring substituents is 1. The van der Waals surface area contributed by atoms with Gasteiger partial charge in [-0.2, -0.15) is 0 Å². The van der Waals surface area contributed by atoms with Gasteiger partial charge in [-0.15, -0.1) is 0 Å². The molecule has 0 aliphatic rings. The molecule has 0 bridgehead atoms. The number of anilines is 1. The Bertz CT molecular complexity index is 647. The van der Waals surface area contributed by atoms with Gasteiger partial charge in [-0.1, -0.05) is 30.3 Å². The van der Waals surface area contributed by atoms with Gasteiger partial charge in [-0.25, -0.2) is 4.39 Å². The van der Waals surface area contributed by atoms with E-state index in [0.29, 0.717) is 18.5 Å². The largest absolute Gasteiger partial charge is 0.396 e. The molecule has 0 aliphatic heterocycles. The van der Waals surface area contributed by atoms with Crippen molar-refractivity contribution in [2.24, 2.45) is 0 Å². The first-order valence-corrected chi connectivity index (χ1v) is 6.97. The molecule has 2 N–H and O–H groups in total. The summed E-state index contributed by atoms with van der Waals surface area (Å²) in [5, 5.41) is 22.8. The maximum absolute atomic E-state index is 14.1. The van der Waals surface area contributed by atoms with Crippen LogP contribution in [0.3, 0.4) is 0 Å². The second-order valence-electron chi connectivity index (χ2n) is 4.85. The zero-order valence-electron chi connectivity index (χ0n) is 12.0. The molecule has 0 heterocycles. The topological polar surface area (TPSA) is 75.4 Å². The molecule has 0 atom stereocenters. The van der Waals surface area contributed by atoms with Crippen LogP contribution in [0.25, 0.3) is 0 Å². The molecule has 0 aromatic heterocycles. The standard InChI is InChI=1S/C16H17FN2O3/c17-15-11-14(19(21)22)10-13(7-9-20)16(15)18-8-6-12-4-2-1-3-5-12/h1-5,10-11,18,20H,6-9H2. The number of rotatable bonds is 7. The number of aliphatic hydroxyl groups excluding tert-OH is 1. The highest BCUT2D eigenvalue weighted by molar-refractivity contribution is 5.57. The van der Waals surface area contributed by atoms with E-state index in [4.69, 9.17) is 5.11 Å². The molecule has 2 aromatic carbocycles. The van der Waals surface area contributed by atoms with Crippen LogP contribution in [-0.2, 0) is 12.8 Å². The lowest BCUT2D eigenvalue weighted by atomic mass is 10.1. The van der Waals surface area contributed by atoms with E-state index in [1.165, 1.54) is 6.07 Å². The quantitative estimate of drug-likeness (QED) is 0.609. The maximum atomic E-state index is 14.1. The summed E-state index contributed by atoms with van der Waals surface area (Å²) in [6.07, 6.45) is 0.863. The fourth-order valence-corrected chi connectivity index (χ4v) is 2.25. The number of halogens is 1. The summed E-state index contributed by atoms with van der Waals surface area (Å²) >= 11 is 0. The first-order chi connectivity index (χ1) is 10.6. The molecule has 0 unspecified atom stereocenters. The van der Waals surface area contributed by atoms with Gasteiger partial charge in [0.15, 0.2) is 5.82 Å². The van der Waals surface area contributed by atoms with E-state index in [0.717, 1.165) is 11.6 Å². The van der Waals surface area contributed by atoms with Crippen LogP contribution < -0.4 is 5.32 Å². The van der Waals surface area contributed by atoms with Crippen molar-refractivity contribution in [1.82, 2.24) is 0 Å². The van der Waals surface area contributed by atoms with Crippen LogP contribution in [0.5, 0.6) is 0 Å². The summed E-state index contributed by atoms with van der Waals surface area (Å²) in [5.41, 5.74) is 1.42. The van der Waals surface area contributed by atoms with E-state index in [-0.39, 0.29) is 24.4 Å². The van der Waals surface area contributed by atoms with Crippen molar-refractivity contribution in [2.75, 3.05) is 18.5 Å². The molecule has 6 heteroatoms. The van der Waals surface area contributed by atoms with E-state index >= 15 is 0 Å². The summed E-state index contributed by atoms with van der Waals surface area (Å²) < 4.78 is 14.1. The van der Waals surface area contributed by atoms with Crippen molar-refractivity contribution in [2.45, 2.75) is 12.8 Å². The number of hydrogen-bond acceptors (Lipinski definition) is 4.